The molecule has 0 radical (unpaired) electrons. The number of nitrogens with one attached hydrogen (secondary N) is 1. The smallest absolute Gasteiger partial charge is 0.408 e. The van der Waals surface area contributed by atoms with Crippen molar-refractivity contribution in [2.45, 2.75) is 6.61 Å². The quantitative estimate of drug-likeness (QED) is 0.818. The fraction of sp³-hybridized carbons (Fsp3) is 0.158. The molecule has 0 bridgehead atoms. The van der Waals surface area contributed by atoms with E-state index < -0.39 is 12.1 Å². The summed E-state index contributed by atoms with van der Waals surface area (Å²) >= 11 is 0. The van der Waals surface area contributed by atoms with E-state index in [0.717, 1.165) is 5.56 Å². The first-order valence-corrected chi connectivity index (χ1v) is 7.45. The summed E-state index contributed by atoms with van der Waals surface area (Å²) in [5.74, 6) is 4.75. The van der Waals surface area contributed by atoms with E-state index in [-0.39, 0.29) is 18.7 Å². The van der Waals surface area contributed by atoms with Gasteiger partial charge in [-0.15, -0.1) is 0 Å². The number of benzene rings is 2. The van der Waals surface area contributed by atoms with Crippen LogP contribution in [-0.4, -0.2) is 30.8 Å². The molecule has 2 aromatic rings. The van der Waals surface area contributed by atoms with Gasteiger partial charge in [-0.25, -0.2) is 9.59 Å². The highest BCUT2D eigenvalue weighted by atomic mass is 16.5. The molecular weight excluding hydrogens is 322 g/mol. The van der Waals surface area contributed by atoms with E-state index >= 15 is 0 Å². The van der Waals surface area contributed by atoms with Gasteiger partial charge in [-0.1, -0.05) is 42.2 Å². The first kappa shape index (κ1) is 17.9. The zero-order valence-electron chi connectivity index (χ0n) is 13.6. The number of carboxylic acid groups (broad SMARTS) is 1. The number of hydrogen-bond donors (Lipinski definition) is 2. The van der Waals surface area contributed by atoms with Gasteiger partial charge in [-0.2, -0.15) is 0 Å². The van der Waals surface area contributed by atoms with Crippen molar-refractivity contribution < 1.29 is 24.2 Å². The lowest BCUT2D eigenvalue weighted by molar-refractivity contribution is 0.0696. The van der Waals surface area contributed by atoms with Crippen molar-refractivity contribution in [2.75, 3.05) is 13.7 Å². The zero-order chi connectivity index (χ0) is 18.1. The number of carboxylic acids is 1. The Bertz CT molecular complexity index is 806. The van der Waals surface area contributed by atoms with Crippen LogP contribution in [-0.2, 0) is 11.3 Å². The van der Waals surface area contributed by atoms with Crippen molar-refractivity contribution in [3.63, 3.8) is 0 Å². The first-order valence-electron chi connectivity index (χ1n) is 7.45. The Labute approximate surface area is 145 Å². The maximum absolute atomic E-state index is 11.6. The van der Waals surface area contributed by atoms with Gasteiger partial charge in [0.05, 0.1) is 19.2 Å². The number of alkyl carbamates (subject to hydrolysis) is 1. The predicted octanol–water partition coefficient (Wildman–Crippen LogP) is 2.67. The molecule has 0 saturated carbocycles. The molecule has 0 fully saturated rings. The van der Waals surface area contributed by atoms with Gasteiger partial charge in [0.2, 0.25) is 0 Å². The van der Waals surface area contributed by atoms with Gasteiger partial charge >= 0.3 is 12.1 Å². The molecule has 2 N–H and O–H groups in total. The molecule has 0 aliphatic rings. The molecule has 0 unspecified atom stereocenters. The third kappa shape index (κ3) is 5.59. The first-order chi connectivity index (χ1) is 12.1. The van der Waals surface area contributed by atoms with E-state index in [1.165, 1.54) is 13.2 Å². The number of carbonyl (C=O) groups excluding carboxylic acids is 1. The lowest BCUT2D eigenvalue weighted by Crippen LogP contribution is -2.24. The summed E-state index contributed by atoms with van der Waals surface area (Å²) in [7, 11) is 1.46. The number of methoxy groups -OCH3 is 1. The average Bonchev–Trinajstić information content (AvgIpc) is 2.64. The topological polar surface area (TPSA) is 84.9 Å². The summed E-state index contributed by atoms with van der Waals surface area (Å²) in [6.45, 7) is 0.209. The molecule has 0 spiro atoms. The molecule has 0 aromatic heterocycles. The number of hydrogen-bond acceptors (Lipinski definition) is 4. The number of rotatable bonds is 5. The van der Waals surface area contributed by atoms with E-state index in [2.05, 4.69) is 17.2 Å². The van der Waals surface area contributed by atoms with Gasteiger partial charge in [0.1, 0.15) is 12.4 Å². The Morgan fingerprint density at radius 3 is 2.60 bits per heavy atom. The number of amides is 1. The highest BCUT2D eigenvalue weighted by Crippen LogP contribution is 2.17. The molecule has 2 rings (SSSR count). The van der Waals surface area contributed by atoms with Crippen molar-refractivity contribution in [1.82, 2.24) is 5.32 Å². The fourth-order valence-corrected chi connectivity index (χ4v) is 1.97. The van der Waals surface area contributed by atoms with Crippen LogP contribution in [0, 0.1) is 11.8 Å². The van der Waals surface area contributed by atoms with Crippen molar-refractivity contribution in [2.24, 2.45) is 0 Å². The summed E-state index contributed by atoms with van der Waals surface area (Å²) in [4.78, 5) is 22.8. The van der Waals surface area contributed by atoms with Gasteiger partial charge in [0, 0.05) is 5.56 Å². The number of ether oxygens (including phenoxy) is 2. The molecule has 6 heteroatoms. The Kier molecular flexibility index (Phi) is 6.43. The second-order valence-electron chi connectivity index (χ2n) is 4.93. The largest absolute Gasteiger partial charge is 0.497 e. The van der Waals surface area contributed by atoms with Crippen LogP contribution in [0.5, 0.6) is 5.75 Å². The zero-order valence-corrected chi connectivity index (χ0v) is 13.6. The summed E-state index contributed by atoms with van der Waals surface area (Å²) in [6.07, 6.45) is -0.591. The molecule has 128 valence electrons. The summed E-state index contributed by atoms with van der Waals surface area (Å²) in [6, 6.07) is 13.9. The fourth-order valence-electron chi connectivity index (χ4n) is 1.97. The van der Waals surface area contributed by atoms with Crippen LogP contribution in [0.2, 0.25) is 0 Å². The van der Waals surface area contributed by atoms with Crippen LogP contribution in [0.15, 0.2) is 48.5 Å². The van der Waals surface area contributed by atoms with Gasteiger partial charge in [0.15, 0.2) is 0 Å². The lowest BCUT2D eigenvalue weighted by atomic mass is 10.1. The minimum atomic E-state index is -1.10. The van der Waals surface area contributed by atoms with Crippen LogP contribution >= 0.6 is 0 Å². The number of carbonyl (C=O) groups is 2. The maximum Gasteiger partial charge on any atom is 0.408 e. The number of aromatic carboxylic acids is 1. The Morgan fingerprint density at radius 1 is 1.16 bits per heavy atom. The minimum absolute atomic E-state index is 0.0403. The van der Waals surface area contributed by atoms with Gasteiger partial charge in [-0.05, 0) is 23.8 Å². The Balaban J connectivity index is 1.88. The van der Waals surface area contributed by atoms with Crippen LogP contribution in [0.25, 0.3) is 0 Å². The lowest BCUT2D eigenvalue weighted by Gasteiger charge is -2.05. The molecule has 0 aliphatic carbocycles. The summed E-state index contributed by atoms with van der Waals surface area (Å²) in [5, 5.41) is 11.7. The third-order valence-electron chi connectivity index (χ3n) is 3.21. The second-order valence-corrected chi connectivity index (χ2v) is 4.93. The molecule has 2 aromatic carbocycles. The maximum atomic E-state index is 11.6. The monoisotopic (exact) mass is 339 g/mol. The highest BCUT2D eigenvalue weighted by Gasteiger charge is 2.09. The van der Waals surface area contributed by atoms with E-state index in [9.17, 15) is 14.7 Å². The normalized spacial score (nSPS) is 9.48. The average molecular weight is 339 g/mol. The molecule has 0 heterocycles. The van der Waals surface area contributed by atoms with Gasteiger partial charge in [-0.3, -0.25) is 0 Å². The summed E-state index contributed by atoms with van der Waals surface area (Å²) < 4.78 is 10.0. The standard InChI is InChI=1S/C19H17NO5/c1-24-16-10-9-15(17(12-16)18(21)22)8-5-11-20-19(23)25-13-14-6-3-2-4-7-14/h2-4,6-7,9-10,12H,11,13H2,1H3,(H,20,23)(H,21,22). The van der Waals surface area contributed by atoms with Crippen LogP contribution in [0.3, 0.4) is 0 Å². The molecular formula is C19H17NO5. The van der Waals surface area contributed by atoms with Crippen molar-refractivity contribution >= 4 is 12.1 Å². The summed E-state index contributed by atoms with van der Waals surface area (Å²) in [5.41, 5.74) is 1.26. The molecule has 0 saturated heterocycles. The highest BCUT2D eigenvalue weighted by molar-refractivity contribution is 5.91. The molecule has 0 atom stereocenters. The second kappa shape index (κ2) is 8.99. The van der Waals surface area contributed by atoms with E-state index in [4.69, 9.17) is 9.47 Å². The SMILES string of the molecule is COc1ccc(C#CCNC(=O)OCc2ccccc2)c(C(=O)O)c1. The minimum Gasteiger partial charge on any atom is -0.497 e. The molecule has 0 aliphatic heterocycles. The van der Waals surface area contributed by atoms with Crippen LogP contribution in [0.1, 0.15) is 21.5 Å². The third-order valence-corrected chi connectivity index (χ3v) is 3.21. The Hall–Kier alpha value is -3.46. The van der Waals surface area contributed by atoms with Gasteiger partial charge < -0.3 is 19.9 Å². The van der Waals surface area contributed by atoms with Gasteiger partial charge in [0.25, 0.3) is 0 Å². The van der Waals surface area contributed by atoms with Crippen molar-refractivity contribution in [3.05, 3.63) is 65.2 Å². The van der Waals surface area contributed by atoms with E-state index in [1.54, 1.807) is 12.1 Å². The van der Waals surface area contributed by atoms with Crippen molar-refractivity contribution in [1.29, 1.82) is 0 Å². The van der Waals surface area contributed by atoms with Crippen molar-refractivity contribution in [3.8, 4) is 17.6 Å². The predicted molar refractivity (Wildman–Crippen MR) is 91.5 cm³/mol. The van der Waals surface area contributed by atoms with E-state index in [0.29, 0.717) is 11.3 Å². The van der Waals surface area contributed by atoms with Crippen LogP contribution in [0.4, 0.5) is 4.79 Å². The molecule has 1 amide bonds. The molecule has 25 heavy (non-hydrogen) atoms. The Morgan fingerprint density at radius 2 is 1.92 bits per heavy atom. The van der Waals surface area contributed by atoms with Crippen LogP contribution < -0.4 is 10.1 Å². The molecule has 6 nitrogen and oxygen atoms in total. The van der Waals surface area contributed by atoms with E-state index in [1.807, 2.05) is 30.3 Å².